The minimum absolute atomic E-state index is 0.105. The van der Waals surface area contributed by atoms with Gasteiger partial charge in [-0.2, -0.15) is 0 Å². The molecular weight excluding hydrogens is 1230 g/mol. The van der Waals surface area contributed by atoms with Crippen LogP contribution >= 0.6 is 15.6 Å². The number of phosphoric acid groups is 2. The number of esters is 4. The van der Waals surface area contributed by atoms with E-state index in [1.165, 1.54) is 173 Å². The Labute approximate surface area is 575 Å². The molecule has 0 saturated carbocycles. The quantitative estimate of drug-likeness (QED) is 0.0222. The van der Waals surface area contributed by atoms with Gasteiger partial charge in [-0.05, 0) is 49.4 Å². The van der Waals surface area contributed by atoms with Crippen molar-refractivity contribution in [2.75, 3.05) is 39.6 Å². The molecule has 0 saturated heterocycles. The molecule has 0 aliphatic heterocycles. The number of rotatable bonds is 72. The topological polar surface area (TPSA) is 237 Å². The zero-order chi connectivity index (χ0) is 69.6. The summed E-state index contributed by atoms with van der Waals surface area (Å²) in [4.78, 5) is 72.7. The van der Waals surface area contributed by atoms with E-state index in [0.29, 0.717) is 31.6 Å². The van der Waals surface area contributed by atoms with Crippen LogP contribution < -0.4 is 0 Å². The monoisotopic (exact) mass is 1380 g/mol. The molecule has 0 aromatic carbocycles. The summed E-state index contributed by atoms with van der Waals surface area (Å²) in [6.45, 7) is 14.2. The number of carbonyl (C=O) groups excluding carboxylic acids is 4. The first kappa shape index (κ1) is 92.1. The molecule has 558 valence electrons. The number of unbranched alkanes of at least 4 members (excludes halogenated alkanes) is 36. The van der Waals surface area contributed by atoms with E-state index in [9.17, 15) is 43.2 Å². The molecule has 7 atom stereocenters. The first-order chi connectivity index (χ1) is 45.2. The van der Waals surface area contributed by atoms with Crippen molar-refractivity contribution in [2.45, 2.75) is 395 Å². The van der Waals surface area contributed by atoms with Crippen LogP contribution in [0.25, 0.3) is 0 Å². The van der Waals surface area contributed by atoms with E-state index in [-0.39, 0.29) is 25.7 Å². The van der Waals surface area contributed by atoms with E-state index in [0.717, 1.165) is 114 Å². The Morgan fingerprint density at radius 3 is 0.755 bits per heavy atom. The number of hydrogen-bond donors (Lipinski definition) is 3. The van der Waals surface area contributed by atoms with Gasteiger partial charge >= 0.3 is 39.5 Å². The third-order valence-corrected chi connectivity index (χ3v) is 19.9. The van der Waals surface area contributed by atoms with Crippen molar-refractivity contribution < 1.29 is 80.2 Å². The molecule has 0 bridgehead atoms. The number of hydrogen-bond acceptors (Lipinski definition) is 15. The fourth-order valence-electron chi connectivity index (χ4n) is 11.3. The second kappa shape index (κ2) is 64.4. The minimum atomic E-state index is -4.96. The maximum absolute atomic E-state index is 13.1. The molecule has 94 heavy (non-hydrogen) atoms. The molecule has 0 radical (unpaired) electrons. The molecule has 0 rings (SSSR count). The Hall–Kier alpha value is -1.94. The van der Waals surface area contributed by atoms with Crippen molar-refractivity contribution in [3.8, 4) is 0 Å². The number of aliphatic hydroxyl groups excluding tert-OH is 1. The minimum Gasteiger partial charge on any atom is -0.462 e. The summed E-state index contributed by atoms with van der Waals surface area (Å²) < 4.78 is 68.4. The molecule has 0 aromatic heterocycles. The number of aliphatic hydroxyl groups is 1. The molecule has 3 N–H and O–H groups in total. The van der Waals surface area contributed by atoms with Gasteiger partial charge < -0.3 is 33.8 Å². The largest absolute Gasteiger partial charge is 0.472 e. The third kappa shape index (κ3) is 66.0. The summed E-state index contributed by atoms with van der Waals surface area (Å²) in [6, 6.07) is 0. The summed E-state index contributed by atoms with van der Waals surface area (Å²) in [7, 11) is -9.91. The van der Waals surface area contributed by atoms with Crippen LogP contribution in [0, 0.1) is 23.7 Å². The molecule has 4 unspecified atom stereocenters. The Bertz CT molecular complexity index is 1850. The molecular formula is C75H146O17P2. The average molecular weight is 1380 g/mol. The molecule has 0 aliphatic rings. The fourth-order valence-corrected chi connectivity index (χ4v) is 12.9. The van der Waals surface area contributed by atoms with Gasteiger partial charge in [0.2, 0.25) is 0 Å². The molecule has 17 nitrogen and oxygen atoms in total. The van der Waals surface area contributed by atoms with Crippen LogP contribution in [0.2, 0.25) is 0 Å². The predicted molar refractivity (Wildman–Crippen MR) is 381 cm³/mol. The fraction of sp³-hybridized carbons (Fsp3) is 0.947. The van der Waals surface area contributed by atoms with Gasteiger partial charge in [-0.25, -0.2) is 9.13 Å². The summed E-state index contributed by atoms with van der Waals surface area (Å²) in [6.07, 6.45) is 48.6. The van der Waals surface area contributed by atoms with Crippen LogP contribution in [-0.4, -0.2) is 96.7 Å². The maximum Gasteiger partial charge on any atom is 0.472 e. The molecule has 0 aliphatic carbocycles. The van der Waals surface area contributed by atoms with Crippen molar-refractivity contribution in [1.29, 1.82) is 0 Å². The van der Waals surface area contributed by atoms with Crippen LogP contribution in [-0.2, 0) is 65.4 Å². The lowest BCUT2D eigenvalue weighted by atomic mass is 9.99. The Morgan fingerprint density at radius 1 is 0.298 bits per heavy atom. The lowest BCUT2D eigenvalue weighted by molar-refractivity contribution is -0.161. The maximum atomic E-state index is 13.1. The van der Waals surface area contributed by atoms with Crippen molar-refractivity contribution >= 4 is 39.5 Å². The smallest absolute Gasteiger partial charge is 0.462 e. The van der Waals surface area contributed by atoms with Crippen LogP contribution in [0.4, 0.5) is 0 Å². The standard InChI is InChI=1S/C75H146O17P2/c1-9-67(7)53-45-37-28-22-18-13-11-12-14-19-23-30-39-47-55-72(77)85-61-70(92-75(80)58-50-42-32-26-25-29-38-46-54-68(8)10-2)63-89-93(81,82)87-59-69(76)60-88-94(83,84)90-64-71(62-86-73(78)56-48-40-34-33-36-44-52-66(5)6)91-74(79)57-49-41-31-24-20-16-15-17-21-27-35-43-51-65(3)4/h65-71,76H,9-64H2,1-8H3,(H,81,82)(H,83,84)/t67?,68?,69-,70-,71-/m1/s1. The van der Waals surface area contributed by atoms with E-state index in [2.05, 4.69) is 55.4 Å². The van der Waals surface area contributed by atoms with Gasteiger partial charge in [0, 0.05) is 25.7 Å². The normalized spacial score (nSPS) is 14.7. The Balaban J connectivity index is 5.22. The van der Waals surface area contributed by atoms with Gasteiger partial charge in [0.1, 0.15) is 19.3 Å². The molecule has 0 amide bonds. The van der Waals surface area contributed by atoms with Gasteiger partial charge in [0.15, 0.2) is 12.2 Å². The highest BCUT2D eigenvalue weighted by molar-refractivity contribution is 7.47. The summed E-state index contributed by atoms with van der Waals surface area (Å²) in [5, 5.41) is 10.6. The zero-order valence-corrected chi connectivity index (χ0v) is 63.4. The summed E-state index contributed by atoms with van der Waals surface area (Å²) >= 11 is 0. The van der Waals surface area contributed by atoms with Crippen LogP contribution in [0.3, 0.4) is 0 Å². The Morgan fingerprint density at radius 2 is 0.511 bits per heavy atom. The van der Waals surface area contributed by atoms with Crippen molar-refractivity contribution in [3.63, 3.8) is 0 Å². The number of ether oxygens (including phenoxy) is 4. The molecule has 0 spiro atoms. The molecule has 0 heterocycles. The summed E-state index contributed by atoms with van der Waals surface area (Å²) in [5.41, 5.74) is 0. The van der Waals surface area contributed by atoms with Crippen molar-refractivity contribution in [1.82, 2.24) is 0 Å². The van der Waals surface area contributed by atoms with E-state index in [4.69, 9.17) is 37.0 Å². The van der Waals surface area contributed by atoms with E-state index >= 15 is 0 Å². The van der Waals surface area contributed by atoms with Crippen molar-refractivity contribution in [2.24, 2.45) is 23.7 Å². The molecule has 19 heteroatoms. The van der Waals surface area contributed by atoms with Gasteiger partial charge in [-0.1, -0.05) is 325 Å². The third-order valence-electron chi connectivity index (χ3n) is 18.0. The van der Waals surface area contributed by atoms with E-state index in [1.807, 2.05) is 0 Å². The zero-order valence-electron chi connectivity index (χ0n) is 61.6. The second-order valence-electron chi connectivity index (χ2n) is 28.5. The Kier molecular flexibility index (Phi) is 63.1. The highest BCUT2D eigenvalue weighted by Gasteiger charge is 2.30. The van der Waals surface area contributed by atoms with Gasteiger partial charge in [-0.15, -0.1) is 0 Å². The van der Waals surface area contributed by atoms with Crippen LogP contribution in [0.5, 0.6) is 0 Å². The summed E-state index contributed by atoms with van der Waals surface area (Å²) in [5.74, 6) is 0.950. The number of phosphoric ester groups is 2. The van der Waals surface area contributed by atoms with Crippen LogP contribution in [0.1, 0.15) is 376 Å². The SMILES string of the molecule is CCC(C)CCCCCCCCCCCCCCCCC(=O)OC[C@H](COP(=O)(O)OC[C@@H](O)COP(=O)(O)OC[C@@H](COC(=O)CCCCCCCCC(C)C)OC(=O)CCCCCCCCCCCCCCC(C)C)OC(=O)CCCCCCCCCCC(C)CC. The van der Waals surface area contributed by atoms with Crippen LogP contribution in [0.15, 0.2) is 0 Å². The van der Waals surface area contributed by atoms with Gasteiger partial charge in [0.05, 0.1) is 26.4 Å². The highest BCUT2D eigenvalue weighted by atomic mass is 31.2. The lowest BCUT2D eigenvalue weighted by Gasteiger charge is -2.21. The highest BCUT2D eigenvalue weighted by Crippen LogP contribution is 2.45. The van der Waals surface area contributed by atoms with E-state index < -0.39 is 97.5 Å². The van der Waals surface area contributed by atoms with Gasteiger partial charge in [0.25, 0.3) is 0 Å². The first-order valence-electron chi connectivity index (χ1n) is 38.8. The molecule has 0 aromatic rings. The molecule has 0 fully saturated rings. The average Bonchev–Trinajstić information content (AvgIpc) is 1.18. The van der Waals surface area contributed by atoms with E-state index in [1.54, 1.807) is 0 Å². The van der Waals surface area contributed by atoms with Gasteiger partial charge in [-0.3, -0.25) is 37.3 Å². The van der Waals surface area contributed by atoms with Crippen molar-refractivity contribution in [3.05, 3.63) is 0 Å². The second-order valence-corrected chi connectivity index (χ2v) is 31.4. The number of carbonyl (C=O) groups is 4. The predicted octanol–water partition coefficient (Wildman–Crippen LogP) is 21.7. The lowest BCUT2D eigenvalue weighted by Crippen LogP contribution is -2.30. The first-order valence-corrected chi connectivity index (χ1v) is 41.8.